The lowest BCUT2D eigenvalue weighted by Gasteiger charge is -2.09. The first-order chi connectivity index (χ1) is 6.43. The molecule has 0 aromatic carbocycles. The molecule has 1 atom stereocenters. The van der Waals surface area contributed by atoms with E-state index in [9.17, 15) is 14.4 Å². The molecule has 0 aliphatic rings. The molecule has 0 aromatic heterocycles. The third kappa shape index (κ3) is 5.99. The molecule has 14 heavy (non-hydrogen) atoms. The molecule has 4 N–H and O–H groups in total. The van der Waals surface area contributed by atoms with E-state index in [1.807, 2.05) is 0 Å². The Morgan fingerprint density at radius 3 is 2.36 bits per heavy atom. The molecule has 0 heterocycles. The first-order valence-corrected chi connectivity index (χ1v) is 4.24. The fourth-order valence-corrected chi connectivity index (χ4v) is 0.785. The highest BCUT2D eigenvalue weighted by Gasteiger charge is 2.11. The number of carbonyl (C=O) groups excluding carboxylic acids is 2. The number of carboxylic acid groups (broad SMARTS) is 1. The second-order valence-corrected chi connectivity index (χ2v) is 2.94. The summed E-state index contributed by atoms with van der Waals surface area (Å²) in [7, 11) is 0. The summed E-state index contributed by atoms with van der Waals surface area (Å²) in [5.74, 6) is -1.92. The maximum absolute atomic E-state index is 11.0. The van der Waals surface area contributed by atoms with E-state index < -0.39 is 17.9 Å². The average Bonchev–Trinajstić information content (AvgIpc) is 2.02. The van der Waals surface area contributed by atoms with Crippen LogP contribution in [0.1, 0.15) is 26.2 Å². The summed E-state index contributed by atoms with van der Waals surface area (Å²) < 4.78 is 0. The number of carbonyl (C=O) groups is 3. The highest BCUT2D eigenvalue weighted by molar-refractivity contribution is 5.86. The van der Waals surface area contributed by atoms with Crippen molar-refractivity contribution in [2.75, 3.05) is 0 Å². The number of nitrogens with two attached hydrogens (primary N) is 1. The number of primary amides is 1. The average molecular weight is 202 g/mol. The Morgan fingerprint density at radius 2 is 1.93 bits per heavy atom. The Balaban J connectivity index is 3.65. The van der Waals surface area contributed by atoms with Crippen molar-refractivity contribution in [1.82, 2.24) is 5.32 Å². The summed E-state index contributed by atoms with van der Waals surface area (Å²) in [6, 6.07) is -0.715. The largest absolute Gasteiger partial charge is 0.481 e. The van der Waals surface area contributed by atoms with Crippen LogP contribution >= 0.6 is 0 Å². The SMILES string of the molecule is C[C@H](NC(=O)CCCC(=O)O)C(N)=O. The molecule has 2 amide bonds. The van der Waals surface area contributed by atoms with Crippen molar-refractivity contribution in [3.63, 3.8) is 0 Å². The Bertz CT molecular complexity index is 239. The first kappa shape index (κ1) is 12.4. The van der Waals surface area contributed by atoms with Crippen molar-refractivity contribution in [2.24, 2.45) is 5.73 Å². The van der Waals surface area contributed by atoms with Gasteiger partial charge in [0.15, 0.2) is 0 Å². The summed E-state index contributed by atoms with van der Waals surface area (Å²) in [6.45, 7) is 1.47. The van der Waals surface area contributed by atoms with Gasteiger partial charge >= 0.3 is 5.97 Å². The number of amides is 2. The van der Waals surface area contributed by atoms with Gasteiger partial charge in [-0.3, -0.25) is 14.4 Å². The van der Waals surface area contributed by atoms with Gasteiger partial charge in [-0.15, -0.1) is 0 Å². The van der Waals surface area contributed by atoms with E-state index in [1.165, 1.54) is 6.92 Å². The molecule has 0 saturated heterocycles. The molecule has 0 fully saturated rings. The number of nitrogens with one attached hydrogen (secondary N) is 1. The number of hydrogen-bond acceptors (Lipinski definition) is 3. The van der Waals surface area contributed by atoms with Gasteiger partial charge in [-0.25, -0.2) is 0 Å². The molecule has 80 valence electrons. The summed E-state index contributed by atoms with van der Waals surface area (Å²) >= 11 is 0. The number of rotatable bonds is 6. The minimum absolute atomic E-state index is 0.0572. The van der Waals surface area contributed by atoms with E-state index >= 15 is 0 Å². The van der Waals surface area contributed by atoms with E-state index in [-0.39, 0.29) is 25.2 Å². The quantitative estimate of drug-likeness (QED) is 0.525. The van der Waals surface area contributed by atoms with E-state index in [1.54, 1.807) is 0 Å². The lowest BCUT2D eigenvalue weighted by molar-refractivity contribution is -0.137. The lowest BCUT2D eigenvalue weighted by atomic mass is 10.2. The van der Waals surface area contributed by atoms with Gasteiger partial charge in [0.05, 0.1) is 0 Å². The molecular formula is C8H14N2O4. The van der Waals surface area contributed by atoms with E-state index in [0.29, 0.717) is 0 Å². The molecule has 0 aromatic rings. The fraction of sp³-hybridized carbons (Fsp3) is 0.625. The maximum Gasteiger partial charge on any atom is 0.303 e. The maximum atomic E-state index is 11.0. The van der Waals surface area contributed by atoms with Crippen LogP contribution in [-0.2, 0) is 14.4 Å². The monoisotopic (exact) mass is 202 g/mol. The number of hydrogen-bond donors (Lipinski definition) is 3. The number of aliphatic carboxylic acids is 1. The molecule has 0 spiro atoms. The zero-order chi connectivity index (χ0) is 11.1. The van der Waals surface area contributed by atoms with Crippen LogP contribution in [0.4, 0.5) is 0 Å². The third-order valence-corrected chi connectivity index (χ3v) is 1.60. The molecule has 0 radical (unpaired) electrons. The third-order valence-electron chi connectivity index (χ3n) is 1.60. The van der Waals surface area contributed by atoms with Crippen LogP contribution < -0.4 is 11.1 Å². The molecule has 0 bridgehead atoms. The van der Waals surface area contributed by atoms with Crippen LogP contribution in [0, 0.1) is 0 Å². The van der Waals surface area contributed by atoms with Crippen LogP contribution in [0.5, 0.6) is 0 Å². The van der Waals surface area contributed by atoms with Gasteiger partial charge in [-0.1, -0.05) is 0 Å². The summed E-state index contributed by atoms with van der Waals surface area (Å²) in [5.41, 5.74) is 4.91. The lowest BCUT2D eigenvalue weighted by Crippen LogP contribution is -2.42. The van der Waals surface area contributed by atoms with Crippen molar-refractivity contribution >= 4 is 17.8 Å². The van der Waals surface area contributed by atoms with Crippen molar-refractivity contribution in [3.8, 4) is 0 Å². The van der Waals surface area contributed by atoms with Gasteiger partial charge in [-0.05, 0) is 13.3 Å². The zero-order valence-corrected chi connectivity index (χ0v) is 7.95. The summed E-state index contributed by atoms with van der Waals surface area (Å²) in [5, 5.41) is 10.6. The number of carboxylic acids is 1. The van der Waals surface area contributed by atoms with E-state index in [4.69, 9.17) is 10.8 Å². The molecule has 0 saturated carbocycles. The summed E-state index contributed by atoms with van der Waals surface area (Å²) in [4.78, 5) is 31.7. The minimum atomic E-state index is -0.944. The molecule has 6 nitrogen and oxygen atoms in total. The van der Waals surface area contributed by atoms with Crippen LogP contribution in [0.2, 0.25) is 0 Å². The van der Waals surface area contributed by atoms with Gasteiger partial charge in [0.25, 0.3) is 0 Å². The van der Waals surface area contributed by atoms with E-state index in [0.717, 1.165) is 0 Å². The Hall–Kier alpha value is -1.59. The van der Waals surface area contributed by atoms with Gasteiger partial charge in [0, 0.05) is 12.8 Å². The van der Waals surface area contributed by atoms with Gasteiger partial charge in [0.2, 0.25) is 11.8 Å². The normalized spacial score (nSPS) is 11.8. The Labute approximate surface area is 81.5 Å². The fourth-order valence-electron chi connectivity index (χ4n) is 0.785. The van der Waals surface area contributed by atoms with Crippen LogP contribution in [0.3, 0.4) is 0 Å². The molecule has 0 aliphatic carbocycles. The Kier molecular flexibility index (Phi) is 5.28. The molecule has 6 heteroatoms. The van der Waals surface area contributed by atoms with Gasteiger partial charge in [-0.2, -0.15) is 0 Å². The second-order valence-electron chi connectivity index (χ2n) is 2.94. The van der Waals surface area contributed by atoms with Crippen LogP contribution in [0.15, 0.2) is 0 Å². The second kappa shape index (κ2) is 5.95. The highest BCUT2D eigenvalue weighted by Crippen LogP contribution is 1.95. The molecule has 0 aliphatic heterocycles. The predicted octanol–water partition coefficient (Wildman–Crippen LogP) is -0.769. The van der Waals surface area contributed by atoms with Crippen molar-refractivity contribution in [1.29, 1.82) is 0 Å². The minimum Gasteiger partial charge on any atom is -0.481 e. The summed E-state index contributed by atoms with van der Waals surface area (Å²) in [6.07, 6.45) is 0.287. The van der Waals surface area contributed by atoms with Crippen LogP contribution in [-0.4, -0.2) is 28.9 Å². The zero-order valence-electron chi connectivity index (χ0n) is 7.95. The van der Waals surface area contributed by atoms with Crippen molar-refractivity contribution in [3.05, 3.63) is 0 Å². The predicted molar refractivity (Wildman–Crippen MR) is 48.3 cm³/mol. The van der Waals surface area contributed by atoms with Crippen LogP contribution in [0.25, 0.3) is 0 Å². The first-order valence-electron chi connectivity index (χ1n) is 4.24. The Morgan fingerprint density at radius 1 is 1.36 bits per heavy atom. The topological polar surface area (TPSA) is 109 Å². The van der Waals surface area contributed by atoms with Gasteiger partial charge in [0.1, 0.15) is 6.04 Å². The van der Waals surface area contributed by atoms with E-state index in [2.05, 4.69) is 5.32 Å². The van der Waals surface area contributed by atoms with Crippen molar-refractivity contribution in [2.45, 2.75) is 32.2 Å². The molecule has 0 unspecified atom stereocenters. The smallest absolute Gasteiger partial charge is 0.303 e. The highest BCUT2D eigenvalue weighted by atomic mass is 16.4. The standard InChI is InChI=1S/C8H14N2O4/c1-5(8(9)14)10-6(11)3-2-4-7(12)13/h5H,2-4H2,1H3,(H2,9,14)(H,10,11)(H,12,13)/t5-/m0/s1. The van der Waals surface area contributed by atoms with Crippen molar-refractivity contribution < 1.29 is 19.5 Å². The molecular weight excluding hydrogens is 188 g/mol. The molecule has 0 rings (SSSR count). The van der Waals surface area contributed by atoms with Gasteiger partial charge < -0.3 is 16.2 Å².